The van der Waals surface area contributed by atoms with Crippen LogP contribution in [0.15, 0.2) is 0 Å². The summed E-state index contributed by atoms with van der Waals surface area (Å²) in [5, 5.41) is 3.20. The van der Waals surface area contributed by atoms with Crippen molar-refractivity contribution in [3.05, 3.63) is 0 Å². The van der Waals surface area contributed by atoms with Gasteiger partial charge in [0.25, 0.3) is 0 Å². The van der Waals surface area contributed by atoms with Gasteiger partial charge in [-0.3, -0.25) is 5.32 Å². The second kappa shape index (κ2) is 3.85. The van der Waals surface area contributed by atoms with Crippen molar-refractivity contribution >= 4 is 0 Å². The fourth-order valence-electron chi connectivity index (χ4n) is 1.04. The Labute approximate surface area is 56.6 Å². The minimum atomic E-state index is 0.456. The lowest BCUT2D eigenvalue weighted by Gasteiger charge is -2.16. The van der Waals surface area contributed by atoms with E-state index in [1.54, 1.807) is 0 Å². The van der Waals surface area contributed by atoms with Crippen LogP contribution in [0.25, 0.3) is 0 Å². The van der Waals surface area contributed by atoms with E-state index in [9.17, 15) is 0 Å². The summed E-state index contributed by atoms with van der Waals surface area (Å²) in [6, 6.07) is 0. The van der Waals surface area contributed by atoms with Gasteiger partial charge in [-0.15, -0.1) is 0 Å². The molecule has 0 aromatic heterocycles. The number of hydrogen-bond donors (Lipinski definition) is 1. The van der Waals surface area contributed by atoms with Gasteiger partial charge in [0, 0.05) is 0 Å². The molecule has 2 nitrogen and oxygen atoms in total. The predicted molar refractivity (Wildman–Crippen MR) is 37.3 cm³/mol. The molecular formula is C7H15NO. The van der Waals surface area contributed by atoms with E-state index in [0.29, 0.717) is 6.10 Å². The van der Waals surface area contributed by atoms with Gasteiger partial charge in [-0.2, -0.15) is 0 Å². The van der Waals surface area contributed by atoms with E-state index in [4.69, 9.17) is 4.74 Å². The summed E-state index contributed by atoms with van der Waals surface area (Å²) in [5.74, 6) is 0. The third-order valence-electron chi connectivity index (χ3n) is 1.68. The van der Waals surface area contributed by atoms with Crippen molar-refractivity contribution in [3.63, 3.8) is 0 Å². The molecule has 1 saturated heterocycles. The van der Waals surface area contributed by atoms with Crippen LogP contribution in [-0.2, 0) is 4.74 Å². The van der Waals surface area contributed by atoms with E-state index >= 15 is 0 Å². The first-order valence-corrected chi connectivity index (χ1v) is 3.72. The normalized spacial score (nSPS) is 31.0. The van der Waals surface area contributed by atoms with Crippen LogP contribution in [0, 0.1) is 0 Å². The van der Waals surface area contributed by atoms with Gasteiger partial charge in [-0.1, -0.05) is 0 Å². The van der Waals surface area contributed by atoms with Crippen LogP contribution in [0.1, 0.15) is 26.2 Å². The fourth-order valence-corrected chi connectivity index (χ4v) is 1.04. The van der Waals surface area contributed by atoms with Gasteiger partial charge >= 0.3 is 0 Å². The maximum Gasteiger partial charge on any atom is 0.0968 e. The van der Waals surface area contributed by atoms with Crippen molar-refractivity contribution in [2.45, 2.75) is 32.3 Å². The maximum atomic E-state index is 5.37. The van der Waals surface area contributed by atoms with Gasteiger partial charge in [0.15, 0.2) is 0 Å². The molecule has 1 unspecified atom stereocenters. The molecule has 9 heavy (non-hydrogen) atoms. The van der Waals surface area contributed by atoms with Gasteiger partial charge in [0.2, 0.25) is 0 Å². The molecule has 0 aromatic rings. The molecule has 0 aromatic carbocycles. The Hall–Kier alpha value is -0.0800. The van der Waals surface area contributed by atoms with Crippen LogP contribution in [0.2, 0.25) is 0 Å². The Balaban J connectivity index is 2.12. The Morgan fingerprint density at radius 2 is 2.33 bits per heavy atom. The summed E-state index contributed by atoms with van der Waals surface area (Å²) in [6.07, 6.45) is 4.28. The van der Waals surface area contributed by atoms with Crippen LogP contribution >= 0.6 is 0 Å². The quantitative estimate of drug-likeness (QED) is 0.529. The van der Waals surface area contributed by atoms with Crippen LogP contribution in [-0.4, -0.2) is 19.4 Å². The average Bonchev–Trinajstić information content (AvgIpc) is 1.79. The fraction of sp³-hybridized carbons (Fsp3) is 1.00. The first kappa shape index (κ1) is 7.03. The van der Waals surface area contributed by atoms with Crippen molar-refractivity contribution < 1.29 is 4.74 Å². The van der Waals surface area contributed by atoms with Gasteiger partial charge in [-0.05, 0) is 32.7 Å². The monoisotopic (exact) mass is 129 g/mol. The van der Waals surface area contributed by atoms with Gasteiger partial charge < -0.3 is 4.74 Å². The summed E-state index contributed by atoms with van der Waals surface area (Å²) in [4.78, 5) is 0. The molecule has 0 bridgehead atoms. The minimum absolute atomic E-state index is 0.456. The van der Waals surface area contributed by atoms with E-state index in [2.05, 4.69) is 12.2 Å². The highest BCUT2D eigenvalue weighted by Crippen LogP contribution is 2.04. The first-order valence-electron chi connectivity index (χ1n) is 3.72. The van der Waals surface area contributed by atoms with Crippen molar-refractivity contribution in [1.82, 2.24) is 5.32 Å². The SMILES string of the molecule is CC1CCCCNCO1. The molecule has 1 fully saturated rings. The molecule has 0 radical (unpaired) electrons. The number of rotatable bonds is 0. The van der Waals surface area contributed by atoms with Gasteiger partial charge in [-0.25, -0.2) is 0 Å². The van der Waals surface area contributed by atoms with Crippen LogP contribution in [0.3, 0.4) is 0 Å². The van der Waals surface area contributed by atoms with Crippen molar-refractivity contribution in [2.75, 3.05) is 13.3 Å². The highest BCUT2D eigenvalue weighted by atomic mass is 16.5. The molecule has 0 aliphatic carbocycles. The van der Waals surface area contributed by atoms with E-state index in [1.807, 2.05) is 0 Å². The second-order valence-electron chi connectivity index (χ2n) is 2.62. The second-order valence-corrected chi connectivity index (χ2v) is 2.62. The van der Waals surface area contributed by atoms with Crippen molar-refractivity contribution in [3.8, 4) is 0 Å². The number of nitrogens with one attached hydrogen (secondary N) is 1. The Bertz CT molecular complexity index is 67.3. The smallest absolute Gasteiger partial charge is 0.0968 e. The lowest BCUT2D eigenvalue weighted by atomic mass is 10.1. The molecule has 1 N–H and O–H groups in total. The number of hydrogen-bond acceptors (Lipinski definition) is 2. The first-order chi connectivity index (χ1) is 4.39. The van der Waals surface area contributed by atoms with E-state index in [-0.39, 0.29) is 0 Å². The molecule has 54 valence electrons. The average molecular weight is 129 g/mol. The summed E-state index contributed by atoms with van der Waals surface area (Å²) < 4.78 is 5.37. The van der Waals surface area contributed by atoms with Crippen molar-refractivity contribution in [2.24, 2.45) is 0 Å². The molecule has 0 saturated carbocycles. The van der Waals surface area contributed by atoms with Crippen LogP contribution in [0.5, 0.6) is 0 Å². The molecular weight excluding hydrogens is 114 g/mol. The Kier molecular flexibility index (Phi) is 3.01. The number of ether oxygens (including phenoxy) is 1. The Morgan fingerprint density at radius 3 is 3.22 bits per heavy atom. The van der Waals surface area contributed by atoms with Gasteiger partial charge in [0.05, 0.1) is 12.8 Å². The molecule has 0 spiro atoms. The Morgan fingerprint density at radius 1 is 1.44 bits per heavy atom. The maximum absolute atomic E-state index is 5.37. The zero-order valence-corrected chi connectivity index (χ0v) is 6.02. The van der Waals surface area contributed by atoms with Crippen LogP contribution < -0.4 is 5.32 Å². The lowest BCUT2D eigenvalue weighted by molar-refractivity contribution is 0.0379. The van der Waals surface area contributed by atoms with E-state index < -0.39 is 0 Å². The van der Waals surface area contributed by atoms with Crippen LogP contribution in [0.4, 0.5) is 0 Å². The highest BCUT2D eigenvalue weighted by molar-refractivity contribution is 4.55. The summed E-state index contributed by atoms with van der Waals surface area (Å²) in [7, 11) is 0. The topological polar surface area (TPSA) is 21.3 Å². The van der Waals surface area contributed by atoms with E-state index in [0.717, 1.165) is 13.3 Å². The molecule has 1 aliphatic heterocycles. The molecule has 1 atom stereocenters. The molecule has 0 amide bonds. The third kappa shape index (κ3) is 2.82. The minimum Gasteiger partial charge on any atom is -0.363 e. The molecule has 2 heteroatoms. The molecule has 1 rings (SSSR count). The predicted octanol–water partition coefficient (Wildman–Crippen LogP) is 1.12. The zero-order valence-electron chi connectivity index (χ0n) is 6.02. The summed E-state index contributed by atoms with van der Waals surface area (Å²) in [6.45, 7) is 3.99. The largest absolute Gasteiger partial charge is 0.363 e. The highest BCUT2D eigenvalue weighted by Gasteiger charge is 2.03. The summed E-state index contributed by atoms with van der Waals surface area (Å²) in [5.41, 5.74) is 0. The molecule has 1 aliphatic rings. The van der Waals surface area contributed by atoms with Gasteiger partial charge in [0.1, 0.15) is 0 Å². The molecule has 1 heterocycles. The third-order valence-corrected chi connectivity index (χ3v) is 1.68. The van der Waals surface area contributed by atoms with E-state index in [1.165, 1.54) is 19.3 Å². The summed E-state index contributed by atoms with van der Waals surface area (Å²) >= 11 is 0. The lowest BCUT2D eigenvalue weighted by Crippen LogP contribution is -2.25. The van der Waals surface area contributed by atoms with Crippen molar-refractivity contribution in [1.29, 1.82) is 0 Å². The standard InChI is InChI=1S/C7H15NO/c1-7-4-2-3-5-8-6-9-7/h7-8H,2-6H2,1H3. The zero-order chi connectivity index (χ0) is 6.53.